The van der Waals surface area contributed by atoms with Crippen molar-refractivity contribution in [3.63, 3.8) is 0 Å². The van der Waals surface area contributed by atoms with Gasteiger partial charge < -0.3 is 26.4 Å². The molecule has 0 spiro atoms. The highest BCUT2D eigenvalue weighted by Crippen LogP contribution is 2.38. The Bertz CT molecular complexity index is 2450. The van der Waals surface area contributed by atoms with Gasteiger partial charge in [-0.3, -0.25) is 19.2 Å². The van der Waals surface area contributed by atoms with E-state index < -0.39 is 11.1 Å². The highest BCUT2D eigenvalue weighted by Gasteiger charge is 2.27. The summed E-state index contributed by atoms with van der Waals surface area (Å²) in [7, 11) is 0. The van der Waals surface area contributed by atoms with Crippen molar-refractivity contribution in [2.24, 2.45) is 0 Å². The van der Waals surface area contributed by atoms with E-state index in [1.807, 2.05) is 60.7 Å². The maximum atomic E-state index is 13.0. The fourth-order valence-corrected chi connectivity index (χ4v) is 8.17. The van der Waals surface area contributed by atoms with Gasteiger partial charge in [-0.05, 0) is 122 Å². The lowest BCUT2D eigenvalue weighted by molar-refractivity contribution is 0.0958. The molecule has 0 saturated carbocycles. The number of rotatable bonds is 7. The van der Waals surface area contributed by atoms with Crippen molar-refractivity contribution in [1.29, 1.82) is 0 Å². The Balaban J connectivity index is 0.000000156. The third-order valence-corrected chi connectivity index (χ3v) is 11.5. The molecule has 0 bridgehead atoms. The number of nitrogens with one attached hydrogen (secondary N) is 3. The van der Waals surface area contributed by atoms with E-state index in [2.05, 4.69) is 28.1 Å². The monoisotopic (exact) mass is 864 g/mol. The molecule has 6 aromatic rings. The SMILES string of the molecule is C1CCOC1.Nc1ccc(Sc2ccccc2)c2c1C(=O)NC2.O=C(Cl)c1ccc(F)cc1.O=C(Nc1ccc(Sc2ccccc2)c2c1C(=O)NC2)c1ccc(F)cc1. The van der Waals surface area contributed by atoms with Crippen LogP contribution in [-0.4, -0.2) is 36.2 Å². The van der Waals surface area contributed by atoms with Gasteiger partial charge in [0.15, 0.2) is 0 Å². The number of hydrogen-bond donors (Lipinski definition) is 4. The van der Waals surface area contributed by atoms with E-state index in [0.29, 0.717) is 46.7 Å². The Kier molecular flexibility index (Phi) is 15.5. The quantitative estimate of drug-likeness (QED) is 0.0919. The zero-order valence-corrected chi connectivity index (χ0v) is 34.4. The third-order valence-electron chi connectivity index (χ3n) is 9.07. The van der Waals surface area contributed by atoms with E-state index in [1.54, 1.807) is 35.7 Å². The van der Waals surface area contributed by atoms with E-state index >= 15 is 0 Å². The second-order valence-corrected chi connectivity index (χ2v) is 15.8. The molecule has 0 radical (unpaired) electrons. The number of hydrogen-bond acceptors (Lipinski definition) is 8. The Morgan fingerprint density at radius 3 is 1.57 bits per heavy atom. The zero-order chi connectivity index (χ0) is 42.4. The first kappa shape index (κ1) is 43.6. The fourth-order valence-electron chi connectivity index (χ4n) is 6.08. The van der Waals surface area contributed by atoms with Gasteiger partial charge in [0.1, 0.15) is 11.6 Å². The predicted octanol–water partition coefficient (Wildman–Crippen LogP) is 10.1. The van der Waals surface area contributed by atoms with Gasteiger partial charge in [-0.15, -0.1) is 0 Å². The average molecular weight is 865 g/mol. The molecule has 5 N–H and O–H groups in total. The van der Waals surface area contributed by atoms with Crippen LogP contribution in [0.4, 0.5) is 20.2 Å². The van der Waals surface area contributed by atoms with Crippen molar-refractivity contribution >= 4 is 69.5 Å². The molecule has 0 aromatic heterocycles. The average Bonchev–Trinajstić information content (AvgIpc) is 4.06. The van der Waals surface area contributed by atoms with Gasteiger partial charge in [0.05, 0.1) is 16.8 Å². The van der Waals surface area contributed by atoms with Gasteiger partial charge in [-0.2, -0.15) is 0 Å². The molecule has 3 aliphatic rings. The normalized spacial score (nSPS) is 13.1. The molecule has 9 rings (SSSR count). The van der Waals surface area contributed by atoms with E-state index in [-0.39, 0.29) is 23.5 Å². The molecule has 6 aromatic carbocycles. The summed E-state index contributed by atoms with van der Waals surface area (Å²) in [6, 6.07) is 37.7. The molecule has 9 nitrogen and oxygen atoms in total. The Morgan fingerprint density at radius 2 is 1.08 bits per heavy atom. The van der Waals surface area contributed by atoms with E-state index in [0.717, 1.165) is 43.9 Å². The minimum absolute atomic E-state index is 0.0713. The molecule has 1 fully saturated rings. The topological polar surface area (TPSA) is 140 Å². The maximum absolute atomic E-state index is 13.0. The Morgan fingerprint density at radius 1 is 0.617 bits per heavy atom. The Labute approximate surface area is 359 Å². The van der Waals surface area contributed by atoms with Gasteiger partial charge in [-0.1, -0.05) is 59.9 Å². The van der Waals surface area contributed by atoms with Crippen molar-refractivity contribution in [3.05, 3.63) is 178 Å². The van der Waals surface area contributed by atoms with Gasteiger partial charge >= 0.3 is 0 Å². The lowest BCUT2D eigenvalue weighted by atomic mass is 10.1. The van der Waals surface area contributed by atoms with Crippen LogP contribution in [0.2, 0.25) is 0 Å². The number of ether oxygens (including phenoxy) is 1. The van der Waals surface area contributed by atoms with Crippen LogP contribution in [-0.2, 0) is 17.8 Å². The van der Waals surface area contributed by atoms with Crippen molar-refractivity contribution in [2.75, 3.05) is 24.3 Å². The van der Waals surface area contributed by atoms with Gasteiger partial charge in [-0.25, -0.2) is 8.78 Å². The van der Waals surface area contributed by atoms with Crippen LogP contribution in [0.1, 0.15) is 65.4 Å². The molecule has 3 heterocycles. The largest absolute Gasteiger partial charge is 0.398 e. The lowest BCUT2D eigenvalue weighted by Crippen LogP contribution is -2.17. The highest BCUT2D eigenvalue weighted by atomic mass is 35.5. The molecule has 306 valence electrons. The molecular formula is C46H39ClF2N4O5S2. The first-order chi connectivity index (χ1) is 29.1. The number of fused-ring (bicyclic) bond motifs is 2. The second-order valence-electron chi connectivity index (χ2n) is 13.2. The number of anilines is 2. The first-order valence-electron chi connectivity index (χ1n) is 18.8. The number of nitrogen functional groups attached to an aromatic ring is 1. The smallest absolute Gasteiger partial charge is 0.255 e. The summed E-state index contributed by atoms with van der Waals surface area (Å²) < 4.78 is 30.2. The fraction of sp³-hybridized carbons (Fsp3) is 0.130. The summed E-state index contributed by atoms with van der Waals surface area (Å²) in [6.45, 7) is 2.98. The summed E-state index contributed by atoms with van der Waals surface area (Å²) in [5.41, 5.74) is 10.5. The summed E-state index contributed by atoms with van der Waals surface area (Å²) >= 11 is 8.32. The third kappa shape index (κ3) is 11.8. The van der Waals surface area contributed by atoms with Gasteiger partial charge in [0.25, 0.3) is 23.0 Å². The van der Waals surface area contributed by atoms with Crippen LogP contribution in [0, 0.1) is 11.6 Å². The molecule has 1 saturated heterocycles. The van der Waals surface area contributed by atoms with Crippen LogP contribution in [0.3, 0.4) is 0 Å². The van der Waals surface area contributed by atoms with Crippen molar-refractivity contribution < 1.29 is 32.7 Å². The van der Waals surface area contributed by atoms with E-state index in [1.165, 1.54) is 61.4 Å². The van der Waals surface area contributed by atoms with Crippen molar-refractivity contribution in [3.8, 4) is 0 Å². The van der Waals surface area contributed by atoms with Crippen LogP contribution < -0.4 is 21.7 Å². The molecule has 0 unspecified atom stereocenters. The van der Waals surface area contributed by atoms with Gasteiger partial charge in [0.2, 0.25) is 0 Å². The number of amides is 3. The van der Waals surface area contributed by atoms with Crippen LogP contribution >= 0.6 is 35.1 Å². The molecule has 0 aliphatic carbocycles. The minimum Gasteiger partial charge on any atom is -0.398 e. The molecular weight excluding hydrogens is 826 g/mol. The van der Waals surface area contributed by atoms with Crippen LogP contribution in [0.25, 0.3) is 0 Å². The van der Waals surface area contributed by atoms with Crippen LogP contribution in [0.5, 0.6) is 0 Å². The molecule has 3 amide bonds. The summed E-state index contributed by atoms with van der Waals surface area (Å²) in [5.74, 6) is -1.45. The first-order valence-corrected chi connectivity index (χ1v) is 20.8. The zero-order valence-electron chi connectivity index (χ0n) is 32.0. The maximum Gasteiger partial charge on any atom is 0.255 e. The summed E-state index contributed by atoms with van der Waals surface area (Å²) in [5, 5.41) is 7.84. The number of halogens is 3. The minimum atomic E-state index is -0.569. The van der Waals surface area contributed by atoms with Crippen LogP contribution in [0.15, 0.2) is 153 Å². The number of nitrogens with two attached hydrogens (primary N) is 1. The Hall–Kier alpha value is -5.99. The second kappa shape index (κ2) is 21.3. The molecule has 3 aliphatic heterocycles. The van der Waals surface area contributed by atoms with Crippen molar-refractivity contribution in [1.82, 2.24) is 10.6 Å². The van der Waals surface area contributed by atoms with Crippen molar-refractivity contribution in [2.45, 2.75) is 45.5 Å². The number of carbonyl (C=O) groups excluding carboxylic acids is 4. The molecule has 0 atom stereocenters. The number of benzene rings is 6. The highest BCUT2D eigenvalue weighted by molar-refractivity contribution is 7.99. The van der Waals surface area contributed by atoms with E-state index in [4.69, 9.17) is 22.1 Å². The predicted molar refractivity (Wildman–Crippen MR) is 232 cm³/mol. The number of carbonyl (C=O) groups is 4. The summed E-state index contributed by atoms with van der Waals surface area (Å²) in [6.07, 6.45) is 2.56. The molecule has 60 heavy (non-hydrogen) atoms. The lowest BCUT2D eigenvalue weighted by Gasteiger charge is -2.12. The van der Waals surface area contributed by atoms with Gasteiger partial charge in [0, 0.05) is 73.8 Å². The summed E-state index contributed by atoms with van der Waals surface area (Å²) in [4.78, 5) is 51.1. The van der Waals surface area contributed by atoms with E-state index in [9.17, 15) is 28.0 Å². The standard InChI is InChI=1S/C21H15FN2O2S.C14H12N2OS.C7H4ClFO.C4H8O/c22-14-8-6-13(7-9-14)20(25)24-17-10-11-18(16-12-23-21(26)19(16)17)27-15-4-2-1-3-5-15;15-11-6-7-12(10-8-16-14(17)13(10)11)18-9-4-2-1-3-5-9;8-7(10)5-1-3-6(9)4-2-5;1-2-4-5-3-1/h1-11H,12H2,(H,23,26)(H,24,25);1-7H,8,15H2,(H,16,17);1-4H;1-4H2. The molecule has 14 heteroatoms.